The molecule has 3 aromatic carbocycles. The minimum absolute atomic E-state index is 0.0811. The number of aromatic hydroxyl groups is 1. The van der Waals surface area contributed by atoms with E-state index in [-0.39, 0.29) is 29.9 Å². The molecule has 34 heavy (non-hydrogen) atoms. The first-order chi connectivity index (χ1) is 16.3. The van der Waals surface area contributed by atoms with Crippen molar-refractivity contribution in [3.05, 3.63) is 65.4 Å². The van der Waals surface area contributed by atoms with Crippen molar-refractivity contribution in [2.45, 2.75) is 24.6 Å². The van der Waals surface area contributed by atoms with Gasteiger partial charge < -0.3 is 19.7 Å². The molecule has 5 rings (SSSR count). The number of Topliss-reactive ketones (excluding diaryl/α,β-unsaturated/α-hetero) is 1. The molecule has 2 N–H and O–H groups in total. The third-order valence-corrected chi connectivity index (χ3v) is 6.87. The molecule has 0 fully saturated rings. The largest absolute Gasteiger partial charge is 0.507 e. The van der Waals surface area contributed by atoms with Crippen LogP contribution in [0.15, 0.2) is 48.5 Å². The van der Waals surface area contributed by atoms with Crippen LogP contribution in [0.5, 0.6) is 11.5 Å². The monoisotopic (exact) mass is 496 g/mol. The van der Waals surface area contributed by atoms with Gasteiger partial charge in [-0.25, -0.2) is 0 Å². The van der Waals surface area contributed by atoms with Crippen LogP contribution < -0.4 is 9.64 Å². The maximum absolute atomic E-state index is 13.7. The molecule has 2 heterocycles. The Morgan fingerprint density at radius 2 is 1.91 bits per heavy atom. The average molecular weight is 497 g/mol. The van der Waals surface area contributed by atoms with Gasteiger partial charge in [0.25, 0.3) is 5.91 Å². The van der Waals surface area contributed by atoms with E-state index in [0.29, 0.717) is 40.2 Å². The van der Waals surface area contributed by atoms with Gasteiger partial charge in [-0.2, -0.15) is 0 Å². The summed E-state index contributed by atoms with van der Waals surface area (Å²) in [5.41, 5.74) is 2.91. The molecule has 174 valence electrons. The predicted molar refractivity (Wildman–Crippen MR) is 135 cm³/mol. The van der Waals surface area contributed by atoms with E-state index in [1.807, 2.05) is 31.2 Å². The molecule has 6 nitrogen and oxygen atoms in total. The smallest absolute Gasteiger partial charge is 0.274 e. The minimum Gasteiger partial charge on any atom is -0.507 e. The number of aromatic nitrogens is 1. The van der Waals surface area contributed by atoms with Gasteiger partial charge in [0, 0.05) is 40.9 Å². The van der Waals surface area contributed by atoms with Crippen molar-refractivity contribution in [1.82, 2.24) is 4.98 Å². The van der Waals surface area contributed by atoms with E-state index in [0.717, 1.165) is 16.3 Å². The van der Waals surface area contributed by atoms with Crippen LogP contribution in [0, 0.1) is 0 Å². The van der Waals surface area contributed by atoms with Crippen molar-refractivity contribution in [3.8, 4) is 11.5 Å². The number of phenols is 1. The number of H-pyrrole nitrogens is 1. The van der Waals surface area contributed by atoms with Crippen LogP contribution in [-0.4, -0.2) is 39.8 Å². The van der Waals surface area contributed by atoms with Gasteiger partial charge in [-0.05, 0) is 36.9 Å². The van der Waals surface area contributed by atoms with Crippen LogP contribution in [0.3, 0.4) is 0 Å². The first kappa shape index (κ1) is 22.6. The molecule has 0 bridgehead atoms. The molecular formula is C26H22Cl2N2O4. The lowest BCUT2D eigenvalue weighted by Gasteiger charge is -2.17. The van der Waals surface area contributed by atoms with Crippen LogP contribution in [-0.2, 0) is 0 Å². The first-order valence-electron chi connectivity index (χ1n) is 10.9. The second kappa shape index (κ2) is 8.53. The van der Waals surface area contributed by atoms with Crippen LogP contribution in [0.25, 0.3) is 21.7 Å². The summed E-state index contributed by atoms with van der Waals surface area (Å²) in [4.78, 5) is 29.8. The zero-order valence-electron chi connectivity index (χ0n) is 18.6. The number of aromatic amines is 1. The zero-order valence-corrected chi connectivity index (χ0v) is 20.1. The summed E-state index contributed by atoms with van der Waals surface area (Å²) in [6.07, 6.45) is 0. The Morgan fingerprint density at radius 3 is 2.59 bits per heavy atom. The van der Waals surface area contributed by atoms with Gasteiger partial charge >= 0.3 is 0 Å². The molecule has 0 aliphatic carbocycles. The highest BCUT2D eigenvalue weighted by Crippen LogP contribution is 2.48. The molecule has 1 aliphatic heterocycles. The molecule has 0 spiro atoms. The highest BCUT2D eigenvalue weighted by atomic mass is 35.5. The van der Waals surface area contributed by atoms with E-state index in [1.165, 1.54) is 6.92 Å². The van der Waals surface area contributed by atoms with E-state index in [4.69, 9.17) is 27.9 Å². The fourth-order valence-corrected chi connectivity index (χ4v) is 5.14. The Hall–Kier alpha value is -3.22. The molecule has 1 atom stereocenters. The highest BCUT2D eigenvalue weighted by Gasteiger charge is 2.38. The lowest BCUT2D eigenvalue weighted by molar-refractivity contribution is 0.0982. The number of carbonyl (C=O) groups is 2. The quantitative estimate of drug-likeness (QED) is 0.255. The summed E-state index contributed by atoms with van der Waals surface area (Å²) in [6.45, 7) is 4.02. The maximum Gasteiger partial charge on any atom is 0.274 e. The Bertz CT molecular complexity index is 1460. The number of benzene rings is 3. The SMILES string of the molecule is CCOc1cc2[nH]c(C(=O)N3C[C@@H](C(Cl)Cl)c4c3cc(O)c3ccccc43)cc2cc1C(C)=O. The summed E-state index contributed by atoms with van der Waals surface area (Å²) in [5, 5.41) is 12.9. The normalized spacial score (nSPS) is 15.3. The predicted octanol–water partition coefficient (Wildman–Crippen LogP) is 6.18. The second-order valence-corrected chi connectivity index (χ2v) is 9.50. The van der Waals surface area contributed by atoms with Crippen molar-refractivity contribution in [2.75, 3.05) is 18.1 Å². The van der Waals surface area contributed by atoms with Crippen molar-refractivity contribution in [2.24, 2.45) is 0 Å². The van der Waals surface area contributed by atoms with Crippen LogP contribution in [0.2, 0.25) is 0 Å². The van der Waals surface area contributed by atoms with Gasteiger partial charge in [-0.15, -0.1) is 23.2 Å². The van der Waals surface area contributed by atoms with Gasteiger partial charge in [-0.1, -0.05) is 24.3 Å². The number of hydrogen-bond donors (Lipinski definition) is 2. The molecular weight excluding hydrogens is 475 g/mol. The third-order valence-electron chi connectivity index (χ3n) is 6.26. The summed E-state index contributed by atoms with van der Waals surface area (Å²) in [7, 11) is 0. The average Bonchev–Trinajstić information content (AvgIpc) is 3.40. The molecule has 0 saturated heterocycles. The highest BCUT2D eigenvalue weighted by molar-refractivity contribution is 6.45. The number of carbonyl (C=O) groups excluding carboxylic acids is 2. The standard InChI is InChI=1S/C26H22Cl2N2O4/c1-3-34-23-10-19-14(8-17(23)13(2)31)9-20(29-19)26(33)30-12-18(25(27)28)24-16-7-5-4-6-15(16)22(32)11-21(24)30/h4-11,18,25,29,32H,3,12H2,1-2H3/t18-/m1/s1. The second-order valence-electron chi connectivity index (χ2n) is 8.34. The Labute approximate surface area is 206 Å². The van der Waals surface area contributed by atoms with Crippen molar-refractivity contribution in [1.29, 1.82) is 0 Å². The number of ether oxygens (including phenoxy) is 1. The summed E-state index contributed by atoms with van der Waals surface area (Å²) < 4.78 is 5.62. The Morgan fingerprint density at radius 1 is 1.18 bits per heavy atom. The molecule has 1 aliphatic rings. The van der Waals surface area contributed by atoms with Gasteiger partial charge in [-0.3, -0.25) is 9.59 Å². The number of phenolic OH excluding ortho intramolecular Hbond substituents is 1. The van der Waals surface area contributed by atoms with Gasteiger partial charge in [0.15, 0.2) is 5.78 Å². The van der Waals surface area contributed by atoms with E-state index < -0.39 is 4.84 Å². The third kappa shape index (κ3) is 3.58. The molecule has 8 heteroatoms. The minimum atomic E-state index is -0.737. The fraction of sp³-hybridized carbons (Fsp3) is 0.231. The molecule has 0 unspecified atom stereocenters. The lowest BCUT2D eigenvalue weighted by atomic mass is 9.95. The van der Waals surface area contributed by atoms with E-state index in [1.54, 1.807) is 29.2 Å². The number of rotatable bonds is 5. The first-order valence-corrected chi connectivity index (χ1v) is 11.8. The number of fused-ring (bicyclic) bond motifs is 4. The number of hydrogen-bond acceptors (Lipinski definition) is 4. The lowest BCUT2D eigenvalue weighted by Crippen LogP contribution is -2.31. The number of amides is 1. The van der Waals surface area contributed by atoms with Crippen molar-refractivity contribution in [3.63, 3.8) is 0 Å². The fourth-order valence-electron chi connectivity index (χ4n) is 4.73. The number of nitrogens with zero attached hydrogens (tertiary/aromatic N) is 1. The number of halogens is 2. The van der Waals surface area contributed by atoms with Crippen LogP contribution in [0.4, 0.5) is 5.69 Å². The van der Waals surface area contributed by atoms with E-state index >= 15 is 0 Å². The van der Waals surface area contributed by atoms with Crippen LogP contribution >= 0.6 is 23.2 Å². The molecule has 1 aromatic heterocycles. The van der Waals surface area contributed by atoms with Gasteiger partial charge in [0.1, 0.15) is 22.0 Å². The number of nitrogens with one attached hydrogen (secondary N) is 1. The summed E-state index contributed by atoms with van der Waals surface area (Å²) in [6, 6.07) is 14.2. The summed E-state index contributed by atoms with van der Waals surface area (Å²) in [5.74, 6) is -0.165. The van der Waals surface area contributed by atoms with E-state index in [9.17, 15) is 14.7 Å². The molecule has 1 amide bonds. The molecule has 0 saturated carbocycles. The van der Waals surface area contributed by atoms with Gasteiger partial charge in [0.2, 0.25) is 0 Å². The number of alkyl halides is 2. The van der Waals surface area contributed by atoms with Crippen molar-refractivity contribution >= 4 is 62.3 Å². The zero-order chi connectivity index (χ0) is 24.1. The van der Waals surface area contributed by atoms with Crippen molar-refractivity contribution < 1.29 is 19.4 Å². The molecule has 0 radical (unpaired) electrons. The Balaban J connectivity index is 1.62. The number of ketones is 1. The van der Waals surface area contributed by atoms with Crippen LogP contribution in [0.1, 0.15) is 46.2 Å². The summed E-state index contributed by atoms with van der Waals surface area (Å²) >= 11 is 12.7. The molecule has 4 aromatic rings. The Kier molecular flexibility index (Phi) is 5.66. The maximum atomic E-state index is 13.7. The number of anilines is 1. The van der Waals surface area contributed by atoms with E-state index in [2.05, 4.69) is 4.98 Å². The topological polar surface area (TPSA) is 82.6 Å². The van der Waals surface area contributed by atoms with Gasteiger partial charge in [0.05, 0.1) is 17.9 Å².